The molecule has 1 aliphatic rings. The van der Waals surface area contributed by atoms with Gasteiger partial charge in [0, 0.05) is 12.4 Å². The Balaban J connectivity index is 1.97. The van der Waals surface area contributed by atoms with Crippen LogP contribution in [0.15, 0.2) is 0 Å². The molecular weight excluding hydrogens is 146 g/mol. The number of thioether (sulfide) groups is 1. The van der Waals surface area contributed by atoms with Crippen molar-refractivity contribution < 1.29 is 4.74 Å². The van der Waals surface area contributed by atoms with Gasteiger partial charge < -0.3 is 4.74 Å². The minimum atomic E-state index is 0.429. The number of hydrogen-bond donors (Lipinski definition) is 0. The van der Waals surface area contributed by atoms with Crippen LogP contribution >= 0.6 is 11.8 Å². The van der Waals surface area contributed by atoms with Crippen LogP contribution < -0.4 is 0 Å². The highest BCUT2D eigenvalue weighted by atomic mass is 32.2. The molecule has 0 aromatic carbocycles. The second kappa shape index (κ2) is 4.59. The number of hydrogen-bond acceptors (Lipinski definition) is 3. The van der Waals surface area contributed by atoms with Crippen LogP contribution in [0.3, 0.4) is 0 Å². The Morgan fingerprint density at radius 3 is 3.20 bits per heavy atom. The Morgan fingerprint density at radius 2 is 2.60 bits per heavy atom. The summed E-state index contributed by atoms with van der Waals surface area (Å²) in [5.74, 6) is 1.59. The van der Waals surface area contributed by atoms with Gasteiger partial charge in [0.2, 0.25) is 0 Å². The van der Waals surface area contributed by atoms with Crippen LogP contribution in [0, 0.1) is 11.3 Å². The first-order valence-electron chi connectivity index (χ1n) is 3.50. The van der Waals surface area contributed by atoms with Gasteiger partial charge in [-0.15, -0.1) is 11.8 Å². The number of rotatable bonds is 3. The molecule has 0 saturated carbocycles. The topological polar surface area (TPSA) is 33.0 Å². The Hall–Kier alpha value is -0.200. The van der Waals surface area contributed by atoms with E-state index in [0.29, 0.717) is 11.9 Å². The SMILES string of the molecule is N#CCSCC1CCCO1. The van der Waals surface area contributed by atoms with Gasteiger partial charge in [-0.1, -0.05) is 0 Å². The molecular formula is C7H11NOS. The monoisotopic (exact) mass is 157 g/mol. The maximum atomic E-state index is 8.23. The Morgan fingerprint density at radius 1 is 1.70 bits per heavy atom. The Bertz CT molecular complexity index is 126. The smallest absolute Gasteiger partial charge is 0.0809 e. The molecule has 1 atom stereocenters. The van der Waals surface area contributed by atoms with Crippen molar-refractivity contribution in [3.63, 3.8) is 0 Å². The molecule has 56 valence electrons. The summed E-state index contributed by atoms with van der Waals surface area (Å²) in [7, 11) is 0. The summed E-state index contributed by atoms with van der Waals surface area (Å²) in [6.07, 6.45) is 2.80. The summed E-state index contributed by atoms with van der Waals surface area (Å²) < 4.78 is 5.37. The molecule has 1 rings (SSSR count). The zero-order valence-electron chi connectivity index (χ0n) is 5.88. The third kappa shape index (κ3) is 2.59. The molecule has 3 heteroatoms. The average molecular weight is 157 g/mol. The van der Waals surface area contributed by atoms with E-state index in [1.54, 1.807) is 11.8 Å². The zero-order chi connectivity index (χ0) is 7.23. The lowest BCUT2D eigenvalue weighted by atomic mass is 10.3. The van der Waals surface area contributed by atoms with Gasteiger partial charge in [0.25, 0.3) is 0 Å². The normalized spacial score (nSPS) is 24.5. The quantitative estimate of drug-likeness (QED) is 0.581. The summed E-state index contributed by atoms with van der Waals surface area (Å²) in [5.41, 5.74) is 0. The fourth-order valence-corrected chi connectivity index (χ4v) is 1.75. The highest BCUT2D eigenvalue weighted by Gasteiger charge is 2.14. The molecule has 0 aliphatic carbocycles. The van der Waals surface area contributed by atoms with Crippen LogP contribution in [0.2, 0.25) is 0 Å². The van der Waals surface area contributed by atoms with Gasteiger partial charge in [0.15, 0.2) is 0 Å². The predicted molar refractivity (Wildman–Crippen MR) is 41.9 cm³/mol. The first-order valence-corrected chi connectivity index (χ1v) is 4.65. The van der Waals surface area contributed by atoms with E-state index in [-0.39, 0.29) is 0 Å². The highest BCUT2D eigenvalue weighted by Crippen LogP contribution is 2.16. The van der Waals surface area contributed by atoms with Crippen LogP contribution in [0.1, 0.15) is 12.8 Å². The molecule has 0 aromatic rings. The minimum Gasteiger partial charge on any atom is -0.377 e. The van der Waals surface area contributed by atoms with Crippen LogP contribution in [-0.4, -0.2) is 24.2 Å². The lowest BCUT2D eigenvalue weighted by Gasteiger charge is -2.05. The second-order valence-electron chi connectivity index (χ2n) is 2.31. The van der Waals surface area contributed by atoms with Gasteiger partial charge in [-0.3, -0.25) is 0 Å². The molecule has 0 radical (unpaired) electrons. The summed E-state index contributed by atoms with van der Waals surface area (Å²) in [6, 6.07) is 2.10. The van der Waals surface area contributed by atoms with E-state index in [1.165, 1.54) is 12.8 Å². The molecule has 1 unspecified atom stereocenters. The first-order chi connectivity index (χ1) is 4.93. The molecule has 1 aliphatic heterocycles. The fourth-order valence-electron chi connectivity index (χ4n) is 1.01. The van der Waals surface area contributed by atoms with Crippen LogP contribution in [0.5, 0.6) is 0 Å². The van der Waals surface area contributed by atoms with Crippen LogP contribution in [0.4, 0.5) is 0 Å². The number of nitrogens with zero attached hydrogens (tertiary/aromatic N) is 1. The van der Waals surface area contributed by atoms with E-state index >= 15 is 0 Å². The third-order valence-electron chi connectivity index (χ3n) is 1.49. The summed E-state index contributed by atoms with van der Waals surface area (Å²) >= 11 is 1.66. The van der Waals surface area contributed by atoms with Crippen molar-refractivity contribution in [3.8, 4) is 6.07 Å². The summed E-state index contributed by atoms with van der Waals surface area (Å²) in [5, 5.41) is 8.23. The Kier molecular flexibility index (Phi) is 3.63. The lowest BCUT2D eigenvalue weighted by Crippen LogP contribution is -2.07. The molecule has 0 N–H and O–H groups in total. The maximum Gasteiger partial charge on any atom is 0.0809 e. The van der Waals surface area contributed by atoms with Crippen molar-refractivity contribution in [2.45, 2.75) is 18.9 Å². The molecule has 0 bridgehead atoms. The molecule has 0 aromatic heterocycles. The standard InChI is InChI=1S/C7H11NOS/c8-3-5-10-6-7-2-1-4-9-7/h7H,1-2,4-6H2. The molecule has 2 nitrogen and oxygen atoms in total. The minimum absolute atomic E-state index is 0.429. The summed E-state index contributed by atoms with van der Waals surface area (Å²) in [4.78, 5) is 0. The van der Waals surface area contributed by atoms with Crippen molar-refractivity contribution in [1.29, 1.82) is 5.26 Å². The van der Waals surface area contributed by atoms with Gasteiger partial charge in [-0.2, -0.15) is 5.26 Å². The first kappa shape index (κ1) is 7.90. The third-order valence-corrected chi connectivity index (χ3v) is 2.44. The second-order valence-corrected chi connectivity index (χ2v) is 3.34. The maximum absolute atomic E-state index is 8.23. The van der Waals surface area contributed by atoms with Gasteiger partial charge in [0.05, 0.1) is 17.9 Å². The molecule has 0 spiro atoms. The van der Waals surface area contributed by atoms with Gasteiger partial charge in [-0.05, 0) is 12.8 Å². The van der Waals surface area contributed by atoms with Gasteiger partial charge in [0.1, 0.15) is 0 Å². The van der Waals surface area contributed by atoms with E-state index < -0.39 is 0 Å². The predicted octanol–water partition coefficient (Wildman–Crippen LogP) is 1.42. The van der Waals surface area contributed by atoms with E-state index in [9.17, 15) is 0 Å². The number of ether oxygens (including phenoxy) is 1. The van der Waals surface area contributed by atoms with Crippen molar-refractivity contribution in [2.75, 3.05) is 18.1 Å². The van der Waals surface area contributed by atoms with E-state index in [0.717, 1.165) is 12.4 Å². The average Bonchev–Trinajstić information content (AvgIpc) is 2.41. The fraction of sp³-hybridized carbons (Fsp3) is 0.857. The van der Waals surface area contributed by atoms with Gasteiger partial charge in [-0.25, -0.2) is 0 Å². The lowest BCUT2D eigenvalue weighted by molar-refractivity contribution is 0.129. The van der Waals surface area contributed by atoms with Crippen LogP contribution in [-0.2, 0) is 4.74 Å². The molecule has 0 amide bonds. The molecule has 1 heterocycles. The van der Waals surface area contributed by atoms with E-state index in [2.05, 4.69) is 6.07 Å². The zero-order valence-corrected chi connectivity index (χ0v) is 6.69. The molecule has 10 heavy (non-hydrogen) atoms. The highest BCUT2D eigenvalue weighted by molar-refractivity contribution is 7.99. The molecule has 1 fully saturated rings. The molecule has 1 saturated heterocycles. The van der Waals surface area contributed by atoms with Crippen molar-refractivity contribution >= 4 is 11.8 Å². The summed E-state index contributed by atoms with van der Waals surface area (Å²) in [6.45, 7) is 0.914. The van der Waals surface area contributed by atoms with Crippen LogP contribution in [0.25, 0.3) is 0 Å². The van der Waals surface area contributed by atoms with E-state index in [1.807, 2.05) is 0 Å². The largest absolute Gasteiger partial charge is 0.377 e. The van der Waals surface area contributed by atoms with Gasteiger partial charge >= 0.3 is 0 Å². The van der Waals surface area contributed by atoms with Crippen molar-refractivity contribution in [1.82, 2.24) is 0 Å². The Labute approximate surface area is 65.6 Å². The van der Waals surface area contributed by atoms with E-state index in [4.69, 9.17) is 10.00 Å². The number of nitriles is 1. The van der Waals surface area contributed by atoms with Crippen molar-refractivity contribution in [2.24, 2.45) is 0 Å². The van der Waals surface area contributed by atoms with Crippen molar-refractivity contribution in [3.05, 3.63) is 0 Å².